The topological polar surface area (TPSA) is 26.3 Å². The zero-order valence-corrected chi connectivity index (χ0v) is 8.43. The minimum Gasteiger partial charge on any atom is -0.466 e. The van der Waals surface area contributed by atoms with E-state index in [0.29, 0.717) is 18.9 Å². The fourth-order valence-corrected chi connectivity index (χ4v) is 1.16. The number of rotatable bonds is 6. The van der Waals surface area contributed by atoms with Crippen LogP contribution in [0.15, 0.2) is 0 Å². The number of carbonyl (C=O) groups is 1. The molecule has 0 aliphatic rings. The predicted octanol–water partition coefficient (Wildman–Crippen LogP) is 2.77. The van der Waals surface area contributed by atoms with E-state index in [4.69, 9.17) is 4.74 Å². The number of unbranched alkanes of at least 4 members (excludes halogenated alkanes) is 1. The minimum absolute atomic E-state index is 0.0545. The lowest BCUT2D eigenvalue weighted by atomic mass is 10.0. The van der Waals surface area contributed by atoms with Crippen LogP contribution in [-0.2, 0) is 9.53 Å². The van der Waals surface area contributed by atoms with Gasteiger partial charge < -0.3 is 4.74 Å². The highest BCUT2D eigenvalue weighted by Crippen LogP contribution is 2.12. The molecule has 0 rings (SSSR count). The van der Waals surface area contributed by atoms with Gasteiger partial charge in [-0.15, -0.1) is 0 Å². The molecule has 0 fully saturated rings. The lowest BCUT2D eigenvalue weighted by Gasteiger charge is -2.08. The minimum atomic E-state index is -0.0545. The molecule has 0 N–H and O–H groups in total. The van der Waals surface area contributed by atoms with Gasteiger partial charge in [-0.2, -0.15) is 0 Å². The Morgan fingerprint density at radius 2 is 2.08 bits per heavy atom. The molecule has 0 aliphatic carbocycles. The summed E-state index contributed by atoms with van der Waals surface area (Å²) in [6.45, 7) is 6.61. The number of esters is 1. The summed E-state index contributed by atoms with van der Waals surface area (Å²) in [7, 11) is 0. The number of ether oxygens (including phenoxy) is 1. The first-order chi connectivity index (χ1) is 5.70. The Bertz CT molecular complexity index is 121. The molecule has 2 nitrogen and oxygen atoms in total. The van der Waals surface area contributed by atoms with Crippen LogP contribution in [0, 0.1) is 5.92 Å². The Kier molecular flexibility index (Phi) is 6.82. The summed E-state index contributed by atoms with van der Waals surface area (Å²) in [4.78, 5) is 11.0. The Balaban J connectivity index is 3.40. The molecule has 0 aromatic rings. The highest BCUT2D eigenvalue weighted by Gasteiger charge is 2.08. The summed E-state index contributed by atoms with van der Waals surface area (Å²) >= 11 is 0. The second-order valence-corrected chi connectivity index (χ2v) is 3.26. The van der Waals surface area contributed by atoms with E-state index in [1.54, 1.807) is 0 Å². The summed E-state index contributed by atoms with van der Waals surface area (Å²) in [5, 5.41) is 0. The van der Waals surface area contributed by atoms with E-state index in [9.17, 15) is 4.79 Å². The van der Waals surface area contributed by atoms with Crippen molar-refractivity contribution in [1.82, 2.24) is 0 Å². The van der Waals surface area contributed by atoms with Crippen molar-refractivity contribution in [3.8, 4) is 0 Å². The molecule has 72 valence electrons. The van der Waals surface area contributed by atoms with E-state index < -0.39 is 0 Å². The normalized spacial score (nSPS) is 12.6. The lowest BCUT2D eigenvalue weighted by molar-refractivity contribution is -0.144. The van der Waals surface area contributed by atoms with Gasteiger partial charge in [-0.1, -0.05) is 33.1 Å². The van der Waals surface area contributed by atoms with E-state index in [-0.39, 0.29) is 5.97 Å². The van der Waals surface area contributed by atoms with Gasteiger partial charge in [0.15, 0.2) is 0 Å². The molecule has 0 aromatic heterocycles. The van der Waals surface area contributed by atoms with Gasteiger partial charge in [0.25, 0.3) is 0 Å². The second-order valence-electron chi connectivity index (χ2n) is 3.26. The maximum atomic E-state index is 11.0. The van der Waals surface area contributed by atoms with Crippen molar-refractivity contribution in [2.45, 2.75) is 46.5 Å². The third kappa shape index (κ3) is 6.20. The maximum absolute atomic E-state index is 11.0. The summed E-state index contributed by atoms with van der Waals surface area (Å²) in [5.41, 5.74) is 0. The smallest absolute Gasteiger partial charge is 0.306 e. The van der Waals surface area contributed by atoms with Crippen LogP contribution in [0.4, 0.5) is 0 Å². The van der Waals surface area contributed by atoms with Gasteiger partial charge >= 0.3 is 5.97 Å². The van der Waals surface area contributed by atoms with Gasteiger partial charge in [0, 0.05) is 6.42 Å². The molecule has 0 saturated heterocycles. The fourth-order valence-electron chi connectivity index (χ4n) is 1.16. The molecule has 0 aliphatic heterocycles. The number of hydrogen-bond acceptors (Lipinski definition) is 2. The Morgan fingerprint density at radius 1 is 1.42 bits per heavy atom. The molecule has 0 amide bonds. The summed E-state index contributed by atoms with van der Waals surface area (Å²) in [5.74, 6) is 0.421. The number of hydrogen-bond donors (Lipinski definition) is 0. The summed E-state index contributed by atoms with van der Waals surface area (Å²) < 4.78 is 4.85. The lowest BCUT2D eigenvalue weighted by Crippen LogP contribution is -2.09. The molecule has 0 aromatic carbocycles. The Labute approximate surface area is 75.3 Å². The van der Waals surface area contributed by atoms with Crippen LogP contribution in [0.3, 0.4) is 0 Å². The molecule has 12 heavy (non-hydrogen) atoms. The van der Waals surface area contributed by atoms with Crippen LogP contribution in [0.1, 0.15) is 46.5 Å². The van der Waals surface area contributed by atoms with Crippen LogP contribution in [0.5, 0.6) is 0 Å². The SMILES string of the molecule is CCCC[C@@H](C)CC(=O)OCC. The van der Waals surface area contributed by atoms with Crippen LogP contribution >= 0.6 is 0 Å². The first-order valence-corrected chi connectivity index (χ1v) is 4.86. The van der Waals surface area contributed by atoms with Crippen molar-refractivity contribution in [3.05, 3.63) is 0 Å². The largest absolute Gasteiger partial charge is 0.466 e. The summed E-state index contributed by atoms with van der Waals surface area (Å²) in [6, 6.07) is 0. The van der Waals surface area contributed by atoms with Gasteiger partial charge in [-0.3, -0.25) is 4.79 Å². The zero-order chi connectivity index (χ0) is 9.40. The predicted molar refractivity (Wildman–Crippen MR) is 49.9 cm³/mol. The molecule has 2 heteroatoms. The Morgan fingerprint density at radius 3 is 2.58 bits per heavy atom. The third-order valence-corrected chi connectivity index (χ3v) is 1.87. The van der Waals surface area contributed by atoms with E-state index in [2.05, 4.69) is 13.8 Å². The van der Waals surface area contributed by atoms with Crippen LogP contribution in [-0.4, -0.2) is 12.6 Å². The fraction of sp³-hybridized carbons (Fsp3) is 0.900. The molecule has 0 heterocycles. The van der Waals surface area contributed by atoms with Crippen molar-refractivity contribution in [1.29, 1.82) is 0 Å². The molecule has 0 saturated carbocycles. The quantitative estimate of drug-likeness (QED) is 0.576. The molecule has 0 radical (unpaired) electrons. The van der Waals surface area contributed by atoms with Gasteiger partial charge in [0.1, 0.15) is 0 Å². The first kappa shape index (κ1) is 11.5. The van der Waals surface area contributed by atoms with Crippen molar-refractivity contribution < 1.29 is 9.53 Å². The van der Waals surface area contributed by atoms with Gasteiger partial charge in [-0.25, -0.2) is 0 Å². The van der Waals surface area contributed by atoms with Gasteiger partial charge in [0.2, 0.25) is 0 Å². The van der Waals surface area contributed by atoms with E-state index in [1.165, 1.54) is 12.8 Å². The first-order valence-electron chi connectivity index (χ1n) is 4.86. The monoisotopic (exact) mass is 172 g/mol. The summed E-state index contributed by atoms with van der Waals surface area (Å²) in [6.07, 6.45) is 4.12. The van der Waals surface area contributed by atoms with Crippen LogP contribution in [0.2, 0.25) is 0 Å². The molecular formula is C10H20O2. The average Bonchev–Trinajstić information content (AvgIpc) is 2.01. The van der Waals surface area contributed by atoms with E-state index in [1.807, 2.05) is 6.92 Å². The average molecular weight is 172 g/mol. The van der Waals surface area contributed by atoms with E-state index >= 15 is 0 Å². The molecular weight excluding hydrogens is 152 g/mol. The maximum Gasteiger partial charge on any atom is 0.306 e. The highest BCUT2D eigenvalue weighted by atomic mass is 16.5. The standard InChI is InChI=1S/C10H20O2/c1-4-6-7-9(3)8-10(11)12-5-2/h9H,4-8H2,1-3H3/t9-/m1/s1. The molecule has 1 atom stereocenters. The van der Waals surface area contributed by atoms with Crippen molar-refractivity contribution >= 4 is 5.97 Å². The van der Waals surface area contributed by atoms with Crippen molar-refractivity contribution in [3.63, 3.8) is 0 Å². The van der Waals surface area contributed by atoms with Crippen molar-refractivity contribution in [2.24, 2.45) is 5.92 Å². The van der Waals surface area contributed by atoms with Crippen molar-refractivity contribution in [2.75, 3.05) is 6.61 Å². The zero-order valence-electron chi connectivity index (χ0n) is 8.43. The highest BCUT2D eigenvalue weighted by molar-refractivity contribution is 5.69. The van der Waals surface area contributed by atoms with Crippen LogP contribution in [0.25, 0.3) is 0 Å². The van der Waals surface area contributed by atoms with Gasteiger partial charge in [0.05, 0.1) is 6.61 Å². The Hall–Kier alpha value is -0.530. The number of carbonyl (C=O) groups excluding carboxylic acids is 1. The van der Waals surface area contributed by atoms with E-state index in [0.717, 1.165) is 6.42 Å². The van der Waals surface area contributed by atoms with Gasteiger partial charge in [-0.05, 0) is 12.8 Å². The second kappa shape index (κ2) is 7.14. The van der Waals surface area contributed by atoms with Crippen LogP contribution < -0.4 is 0 Å². The molecule has 0 spiro atoms. The third-order valence-electron chi connectivity index (χ3n) is 1.87. The molecule has 0 bridgehead atoms. The molecule has 0 unspecified atom stereocenters.